The van der Waals surface area contributed by atoms with Crippen molar-refractivity contribution in [3.8, 4) is 24.7 Å². The summed E-state index contributed by atoms with van der Waals surface area (Å²) in [6, 6.07) is 7.52. The van der Waals surface area contributed by atoms with Gasteiger partial charge in [0.05, 0.1) is 19.7 Å². The molecule has 1 rings (SSSR count). The van der Waals surface area contributed by atoms with Crippen LogP contribution in [0.15, 0.2) is 24.3 Å². The van der Waals surface area contributed by atoms with E-state index in [1.165, 1.54) is 0 Å². The number of hydrogen-bond acceptors (Lipinski definition) is 2. The van der Waals surface area contributed by atoms with Crippen LogP contribution in [-0.4, -0.2) is 18.2 Å². The quantitative estimate of drug-likeness (QED) is 0.805. The summed E-state index contributed by atoms with van der Waals surface area (Å²) in [5.74, 6) is 5.12. The van der Waals surface area contributed by atoms with Crippen LogP contribution in [0.4, 0.5) is 5.69 Å². The lowest BCUT2D eigenvalue weighted by Crippen LogP contribution is -2.23. The Bertz CT molecular complexity index is 365. The fourth-order valence-corrected chi connectivity index (χ4v) is 1.27. The maximum atomic E-state index is 8.90. The molecule has 0 bridgehead atoms. The van der Waals surface area contributed by atoms with Gasteiger partial charge >= 0.3 is 0 Å². The molecular formula is C15H21NO. The van der Waals surface area contributed by atoms with Gasteiger partial charge in [0.2, 0.25) is 0 Å². The maximum Gasteiger partial charge on any atom is 0.0801 e. The van der Waals surface area contributed by atoms with Gasteiger partial charge in [0, 0.05) is 5.69 Å². The molecule has 0 atom stereocenters. The SMILES string of the molecule is C.C.C#CCN(CC#C)c1ccc(CO)cc1. The molecular weight excluding hydrogens is 210 g/mol. The molecule has 2 heteroatoms. The molecule has 0 spiro atoms. The van der Waals surface area contributed by atoms with Crippen molar-refractivity contribution >= 4 is 5.69 Å². The van der Waals surface area contributed by atoms with E-state index in [-0.39, 0.29) is 21.5 Å². The van der Waals surface area contributed by atoms with E-state index >= 15 is 0 Å². The van der Waals surface area contributed by atoms with Gasteiger partial charge in [0.1, 0.15) is 0 Å². The normalized spacial score (nSPS) is 7.94. The third-order valence-corrected chi connectivity index (χ3v) is 2.05. The molecule has 0 aromatic heterocycles. The van der Waals surface area contributed by atoms with Crippen LogP contribution in [0.3, 0.4) is 0 Å². The lowest BCUT2D eigenvalue weighted by molar-refractivity contribution is 0.282. The minimum atomic E-state index is 0. The first-order valence-corrected chi connectivity index (χ1v) is 4.63. The predicted molar refractivity (Wildman–Crippen MR) is 75.7 cm³/mol. The lowest BCUT2D eigenvalue weighted by Gasteiger charge is -2.19. The fraction of sp³-hybridized carbons (Fsp3) is 0.333. The molecule has 1 N–H and O–H groups in total. The number of aliphatic hydroxyl groups is 1. The summed E-state index contributed by atoms with van der Waals surface area (Å²) in [6.45, 7) is 1.02. The van der Waals surface area contributed by atoms with Gasteiger partial charge in [-0.25, -0.2) is 0 Å². The van der Waals surface area contributed by atoms with Gasteiger partial charge in [0.25, 0.3) is 0 Å². The van der Waals surface area contributed by atoms with Gasteiger partial charge < -0.3 is 10.0 Å². The van der Waals surface area contributed by atoms with Crippen molar-refractivity contribution < 1.29 is 5.11 Å². The first-order chi connectivity index (χ1) is 7.31. The summed E-state index contributed by atoms with van der Waals surface area (Å²) in [6.07, 6.45) is 10.5. The van der Waals surface area contributed by atoms with Crippen molar-refractivity contribution in [2.75, 3.05) is 18.0 Å². The lowest BCUT2D eigenvalue weighted by atomic mass is 10.2. The molecule has 0 radical (unpaired) electrons. The molecule has 1 aromatic carbocycles. The minimum Gasteiger partial charge on any atom is -0.392 e. The molecule has 0 aliphatic carbocycles. The molecule has 0 unspecified atom stereocenters. The number of terminal acetylenes is 2. The van der Waals surface area contributed by atoms with Crippen LogP contribution in [0, 0.1) is 24.7 Å². The van der Waals surface area contributed by atoms with Crippen LogP contribution < -0.4 is 4.90 Å². The van der Waals surface area contributed by atoms with Gasteiger partial charge in [-0.1, -0.05) is 38.8 Å². The summed E-state index contributed by atoms with van der Waals surface area (Å²) in [5, 5.41) is 8.90. The van der Waals surface area contributed by atoms with Crippen LogP contribution in [-0.2, 0) is 6.61 Å². The van der Waals surface area contributed by atoms with Crippen LogP contribution in [0.25, 0.3) is 0 Å². The topological polar surface area (TPSA) is 23.5 Å². The van der Waals surface area contributed by atoms with Crippen LogP contribution in [0.2, 0.25) is 0 Å². The smallest absolute Gasteiger partial charge is 0.0801 e. The Morgan fingerprint density at radius 3 is 1.82 bits per heavy atom. The number of aliphatic hydroxyl groups excluding tert-OH is 1. The van der Waals surface area contributed by atoms with Gasteiger partial charge in [0.15, 0.2) is 0 Å². The zero-order chi connectivity index (χ0) is 11.1. The Balaban J connectivity index is 0. The first-order valence-electron chi connectivity index (χ1n) is 4.63. The molecule has 1 aromatic rings. The number of nitrogens with zero attached hydrogens (tertiary/aromatic N) is 1. The van der Waals surface area contributed by atoms with E-state index < -0.39 is 0 Å². The monoisotopic (exact) mass is 231 g/mol. The molecule has 0 aliphatic heterocycles. The Hall–Kier alpha value is -1.90. The van der Waals surface area contributed by atoms with Gasteiger partial charge in [-0.3, -0.25) is 0 Å². The average Bonchev–Trinajstić information content (AvgIpc) is 2.29. The zero-order valence-corrected chi connectivity index (χ0v) is 8.48. The molecule has 0 saturated carbocycles. The zero-order valence-electron chi connectivity index (χ0n) is 8.48. The van der Waals surface area contributed by atoms with Crippen LogP contribution in [0.1, 0.15) is 20.4 Å². The summed E-state index contributed by atoms with van der Waals surface area (Å²) < 4.78 is 0. The molecule has 0 amide bonds. The van der Waals surface area contributed by atoms with Gasteiger partial charge in [-0.05, 0) is 17.7 Å². The second-order valence-corrected chi connectivity index (χ2v) is 3.09. The van der Waals surface area contributed by atoms with Gasteiger partial charge in [-0.2, -0.15) is 0 Å². The Kier molecular flexibility index (Phi) is 9.61. The average molecular weight is 231 g/mol. The number of anilines is 1. The Labute approximate surface area is 105 Å². The minimum absolute atomic E-state index is 0. The first kappa shape index (κ1) is 17.5. The van der Waals surface area contributed by atoms with Crippen molar-refractivity contribution in [1.82, 2.24) is 0 Å². The molecule has 0 saturated heterocycles. The third kappa shape index (κ3) is 5.11. The van der Waals surface area contributed by atoms with E-state index in [4.69, 9.17) is 18.0 Å². The second-order valence-electron chi connectivity index (χ2n) is 3.09. The van der Waals surface area contributed by atoms with E-state index in [1.807, 2.05) is 29.2 Å². The van der Waals surface area contributed by atoms with Crippen molar-refractivity contribution in [2.45, 2.75) is 21.5 Å². The van der Waals surface area contributed by atoms with E-state index in [1.54, 1.807) is 0 Å². The fourth-order valence-electron chi connectivity index (χ4n) is 1.27. The Morgan fingerprint density at radius 1 is 1.00 bits per heavy atom. The standard InChI is InChI=1S/C13H13NO.2CH4/c1-3-9-14(10-4-2)13-7-5-12(11-15)6-8-13;;/h1-2,5-8,15H,9-11H2;2*1H4. The molecule has 92 valence electrons. The second kappa shape index (κ2) is 9.33. The highest BCUT2D eigenvalue weighted by atomic mass is 16.3. The third-order valence-electron chi connectivity index (χ3n) is 2.05. The van der Waals surface area contributed by atoms with Crippen molar-refractivity contribution in [3.05, 3.63) is 29.8 Å². The summed E-state index contributed by atoms with van der Waals surface area (Å²) in [4.78, 5) is 1.92. The van der Waals surface area contributed by atoms with Crippen molar-refractivity contribution in [2.24, 2.45) is 0 Å². The largest absolute Gasteiger partial charge is 0.392 e. The Morgan fingerprint density at radius 2 is 1.47 bits per heavy atom. The van der Waals surface area contributed by atoms with Crippen molar-refractivity contribution in [1.29, 1.82) is 0 Å². The van der Waals surface area contributed by atoms with Crippen molar-refractivity contribution in [3.63, 3.8) is 0 Å². The van der Waals surface area contributed by atoms with Crippen LogP contribution in [0.5, 0.6) is 0 Å². The summed E-state index contributed by atoms with van der Waals surface area (Å²) in [7, 11) is 0. The molecule has 0 aliphatic rings. The molecule has 17 heavy (non-hydrogen) atoms. The van der Waals surface area contributed by atoms with E-state index in [2.05, 4.69) is 11.8 Å². The number of hydrogen-bond donors (Lipinski definition) is 1. The van der Waals surface area contributed by atoms with Crippen LogP contribution >= 0.6 is 0 Å². The summed E-state index contributed by atoms with van der Waals surface area (Å²) >= 11 is 0. The molecule has 0 heterocycles. The highest BCUT2D eigenvalue weighted by Crippen LogP contribution is 2.14. The highest BCUT2D eigenvalue weighted by molar-refractivity contribution is 5.49. The highest BCUT2D eigenvalue weighted by Gasteiger charge is 2.02. The van der Waals surface area contributed by atoms with E-state index in [0.717, 1.165) is 11.3 Å². The molecule has 2 nitrogen and oxygen atoms in total. The predicted octanol–water partition coefficient (Wildman–Crippen LogP) is 2.52. The molecule has 0 fully saturated rings. The van der Waals surface area contributed by atoms with E-state index in [0.29, 0.717) is 13.1 Å². The van der Waals surface area contributed by atoms with E-state index in [9.17, 15) is 0 Å². The maximum absolute atomic E-state index is 8.90. The number of rotatable bonds is 4. The number of benzene rings is 1. The summed E-state index contributed by atoms with van der Waals surface area (Å²) in [5.41, 5.74) is 1.85. The van der Waals surface area contributed by atoms with Gasteiger partial charge in [-0.15, -0.1) is 12.8 Å².